The van der Waals surface area contributed by atoms with Crippen molar-refractivity contribution in [3.05, 3.63) is 72.3 Å². The van der Waals surface area contributed by atoms with Crippen molar-refractivity contribution in [1.29, 1.82) is 0 Å². The predicted molar refractivity (Wildman–Crippen MR) is 170 cm³/mol. The zero-order chi connectivity index (χ0) is 31.5. The fourth-order valence-electron chi connectivity index (χ4n) is 4.85. The maximum atomic E-state index is 12.5. The molecule has 236 valence electrons. The summed E-state index contributed by atoms with van der Waals surface area (Å²) in [5.74, 6) is -1.11. The third-order valence-electron chi connectivity index (χ3n) is 7.91. The molecule has 1 atom stereocenters. The molecule has 1 saturated carbocycles. The SMILES string of the molecule is C=CN1C(C(=O)N2CCCC(N)C2)=CN=C/C1=C/C.CCC1(C)CCC1.CN1CCCC1.CO.Fc1cccc(F)c1. The van der Waals surface area contributed by atoms with Crippen molar-refractivity contribution in [1.82, 2.24) is 14.7 Å². The lowest BCUT2D eigenvalue weighted by Crippen LogP contribution is -2.47. The molecule has 5 rings (SSSR count). The third-order valence-corrected chi connectivity index (χ3v) is 7.91. The number of nitrogens with zero attached hydrogens (tertiary/aromatic N) is 4. The van der Waals surface area contributed by atoms with Crippen LogP contribution in [0.5, 0.6) is 0 Å². The molecule has 1 aromatic rings. The smallest absolute Gasteiger partial charge is 0.272 e. The minimum atomic E-state index is -0.537. The van der Waals surface area contributed by atoms with E-state index in [1.54, 1.807) is 28.4 Å². The molecule has 0 aromatic heterocycles. The summed E-state index contributed by atoms with van der Waals surface area (Å²) < 4.78 is 23.9. The Morgan fingerprint density at radius 3 is 2.12 bits per heavy atom. The maximum absolute atomic E-state index is 12.5. The van der Waals surface area contributed by atoms with Gasteiger partial charge >= 0.3 is 0 Å². The molecule has 3 heterocycles. The van der Waals surface area contributed by atoms with Gasteiger partial charge in [-0.15, -0.1) is 0 Å². The highest BCUT2D eigenvalue weighted by Crippen LogP contribution is 2.42. The van der Waals surface area contributed by atoms with Crippen LogP contribution in [0.25, 0.3) is 0 Å². The Morgan fingerprint density at radius 2 is 1.76 bits per heavy atom. The van der Waals surface area contributed by atoms with E-state index >= 15 is 0 Å². The van der Waals surface area contributed by atoms with Crippen LogP contribution in [0.4, 0.5) is 8.78 Å². The van der Waals surface area contributed by atoms with Crippen molar-refractivity contribution >= 4 is 12.1 Å². The molecule has 3 aliphatic heterocycles. The standard InChI is InChI=1S/C14H20N4O.C7H14.C6H4F2.C5H11N.CH4O/c1-3-12-8-16-9-13(18(12)4-2)14(19)17-7-5-6-11(15)10-17;1-3-7(2)5-4-6-7;7-5-2-1-3-6(8)4-5;1-6-4-2-3-5-6;1-2/h3-4,8-9,11H,2,5-7,10,15H2,1H3;3-6H2,1-2H3;1-4H;2-5H2,1H3;2H,1H3/b12-3-;;;;. The summed E-state index contributed by atoms with van der Waals surface area (Å²) in [6.07, 6.45) is 17.4. The van der Waals surface area contributed by atoms with Crippen LogP contribution in [0.15, 0.2) is 65.7 Å². The number of amides is 1. The number of aliphatic hydroxyl groups is 1. The second-order valence-electron chi connectivity index (χ2n) is 11.2. The van der Waals surface area contributed by atoms with Gasteiger partial charge in [-0.1, -0.05) is 45.4 Å². The fourth-order valence-corrected chi connectivity index (χ4v) is 4.85. The number of piperidine rings is 1. The number of allylic oxidation sites excluding steroid dienone is 2. The van der Waals surface area contributed by atoms with Gasteiger partial charge in [0.05, 0.1) is 18.1 Å². The molecule has 1 aliphatic carbocycles. The molecule has 3 N–H and O–H groups in total. The average Bonchev–Trinajstić information content (AvgIpc) is 3.47. The van der Waals surface area contributed by atoms with E-state index in [-0.39, 0.29) is 11.9 Å². The molecule has 2 saturated heterocycles. The number of aliphatic imine (C=N–C) groups is 1. The summed E-state index contributed by atoms with van der Waals surface area (Å²) in [4.78, 5) is 22.6. The van der Waals surface area contributed by atoms with Gasteiger partial charge in [-0.2, -0.15) is 0 Å². The first kappa shape index (κ1) is 37.1. The highest BCUT2D eigenvalue weighted by Gasteiger charge is 2.29. The Hall–Kier alpha value is -2.88. The van der Waals surface area contributed by atoms with Crippen molar-refractivity contribution in [2.45, 2.75) is 78.2 Å². The molecule has 1 unspecified atom stereocenters. The molecule has 42 heavy (non-hydrogen) atoms. The van der Waals surface area contributed by atoms with Crippen LogP contribution in [0.2, 0.25) is 0 Å². The summed E-state index contributed by atoms with van der Waals surface area (Å²) in [7, 11) is 3.17. The zero-order valence-electron chi connectivity index (χ0n) is 26.4. The maximum Gasteiger partial charge on any atom is 0.272 e. The number of carbonyl (C=O) groups is 1. The third kappa shape index (κ3) is 13.0. The molecular weight excluding hydrogens is 536 g/mol. The Balaban J connectivity index is 0.000000314. The minimum Gasteiger partial charge on any atom is -0.400 e. The summed E-state index contributed by atoms with van der Waals surface area (Å²) in [6.45, 7) is 14.3. The Kier molecular flexibility index (Phi) is 17.8. The number of nitrogens with two attached hydrogens (primary N) is 1. The van der Waals surface area contributed by atoms with Crippen LogP contribution < -0.4 is 5.73 Å². The quantitative estimate of drug-likeness (QED) is 0.446. The van der Waals surface area contributed by atoms with Crippen molar-refractivity contribution in [2.75, 3.05) is 40.3 Å². The van der Waals surface area contributed by atoms with Crippen LogP contribution in [0.1, 0.15) is 72.1 Å². The molecule has 3 fully saturated rings. The normalized spacial score (nSPS) is 21.5. The minimum absolute atomic E-state index is 0.0359. The second kappa shape index (κ2) is 20.1. The lowest BCUT2D eigenvalue weighted by Gasteiger charge is -2.37. The molecule has 4 aliphatic rings. The van der Waals surface area contributed by atoms with Crippen LogP contribution in [-0.4, -0.2) is 78.3 Å². The number of hydrogen-bond acceptors (Lipinski definition) is 6. The summed E-state index contributed by atoms with van der Waals surface area (Å²) >= 11 is 0. The van der Waals surface area contributed by atoms with Crippen LogP contribution in [0, 0.1) is 17.0 Å². The van der Waals surface area contributed by atoms with Gasteiger partial charge in [-0.3, -0.25) is 9.79 Å². The van der Waals surface area contributed by atoms with Crippen LogP contribution in [-0.2, 0) is 4.79 Å². The fraction of sp³-hybridized carbons (Fsp3) is 0.576. The predicted octanol–water partition coefficient (Wildman–Crippen LogP) is 6.08. The molecule has 9 heteroatoms. The lowest BCUT2D eigenvalue weighted by molar-refractivity contribution is -0.129. The summed E-state index contributed by atoms with van der Waals surface area (Å²) in [6, 6.07) is 4.63. The lowest BCUT2D eigenvalue weighted by atomic mass is 9.69. The van der Waals surface area contributed by atoms with Crippen LogP contribution in [0.3, 0.4) is 0 Å². The first-order valence-electron chi connectivity index (χ1n) is 15.0. The first-order chi connectivity index (χ1) is 20.1. The van der Waals surface area contributed by atoms with Gasteiger partial charge < -0.3 is 25.5 Å². The van der Waals surface area contributed by atoms with Gasteiger partial charge in [0.15, 0.2) is 0 Å². The van der Waals surface area contributed by atoms with Gasteiger partial charge in [-0.05, 0) is 83.1 Å². The van der Waals surface area contributed by atoms with Gasteiger partial charge in [-0.25, -0.2) is 8.78 Å². The number of rotatable bonds is 3. The van der Waals surface area contributed by atoms with Gasteiger partial charge in [0.1, 0.15) is 17.3 Å². The number of aliphatic hydroxyl groups excluding tert-OH is 1. The van der Waals surface area contributed by atoms with Crippen LogP contribution >= 0.6 is 0 Å². The molecule has 0 bridgehead atoms. The monoisotopic (exact) mass is 589 g/mol. The number of benzene rings is 1. The van der Waals surface area contributed by atoms with Crippen molar-refractivity contribution in [2.24, 2.45) is 16.1 Å². The average molecular weight is 590 g/mol. The van der Waals surface area contributed by atoms with E-state index < -0.39 is 11.6 Å². The summed E-state index contributed by atoms with van der Waals surface area (Å²) in [5.41, 5.74) is 8.07. The van der Waals surface area contributed by atoms with E-state index in [9.17, 15) is 13.6 Å². The molecule has 0 radical (unpaired) electrons. The van der Waals surface area contributed by atoms with E-state index in [4.69, 9.17) is 10.8 Å². The van der Waals surface area contributed by atoms with E-state index in [0.29, 0.717) is 12.2 Å². The topological polar surface area (TPSA) is 85.4 Å². The summed E-state index contributed by atoms with van der Waals surface area (Å²) in [5, 5.41) is 7.00. The highest BCUT2D eigenvalue weighted by atomic mass is 19.1. The Labute approximate surface area is 252 Å². The first-order valence-corrected chi connectivity index (χ1v) is 15.0. The van der Waals surface area contributed by atoms with E-state index in [1.807, 2.05) is 13.0 Å². The van der Waals surface area contributed by atoms with Crippen molar-refractivity contribution in [3.63, 3.8) is 0 Å². The molecule has 7 nitrogen and oxygen atoms in total. The molecule has 1 amide bonds. The van der Waals surface area contributed by atoms with Gasteiger partial charge in [0.2, 0.25) is 0 Å². The van der Waals surface area contributed by atoms with E-state index in [2.05, 4.69) is 37.4 Å². The Bertz CT molecular complexity index is 1010. The van der Waals surface area contributed by atoms with E-state index in [1.165, 1.54) is 69.8 Å². The van der Waals surface area contributed by atoms with Gasteiger partial charge in [0, 0.05) is 38.5 Å². The zero-order valence-corrected chi connectivity index (χ0v) is 26.4. The molecule has 0 spiro atoms. The number of halogens is 2. The molecular formula is C33H53F2N5O2. The Morgan fingerprint density at radius 1 is 1.14 bits per heavy atom. The number of hydrogen-bond donors (Lipinski definition) is 2. The van der Waals surface area contributed by atoms with Gasteiger partial charge in [0.25, 0.3) is 5.91 Å². The number of carbonyl (C=O) groups excluding carboxylic acids is 1. The molecule has 1 aromatic carbocycles. The number of likely N-dealkylation sites (tertiary alicyclic amines) is 2. The largest absolute Gasteiger partial charge is 0.400 e. The van der Waals surface area contributed by atoms with E-state index in [0.717, 1.165) is 43.7 Å². The highest BCUT2D eigenvalue weighted by molar-refractivity contribution is 5.96. The van der Waals surface area contributed by atoms with Crippen molar-refractivity contribution < 1.29 is 18.7 Å². The van der Waals surface area contributed by atoms with Crippen molar-refractivity contribution in [3.8, 4) is 0 Å². The second-order valence-corrected chi connectivity index (χ2v) is 11.2.